The van der Waals surface area contributed by atoms with Crippen LogP contribution in [0.4, 0.5) is 10.5 Å². The van der Waals surface area contributed by atoms with Gasteiger partial charge >= 0.3 is 6.03 Å². The monoisotopic (exact) mass is 308 g/mol. The van der Waals surface area contributed by atoms with Crippen molar-refractivity contribution in [1.29, 1.82) is 0 Å². The van der Waals surface area contributed by atoms with Crippen LogP contribution in [0.25, 0.3) is 0 Å². The molecule has 0 radical (unpaired) electrons. The molecule has 0 aliphatic carbocycles. The molecule has 2 aliphatic heterocycles. The number of carbonyl (C=O) groups excluding carboxylic acids is 1. The molecule has 4 nitrogen and oxygen atoms in total. The number of amides is 2. The summed E-state index contributed by atoms with van der Waals surface area (Å²) in [4.78, 5) is 14.6. The minimum absolute atomic E-state index is 0.00110. The van der Waals surface area contributed by atoms with Gasteiger partial charge in [0.2, 0.25) is 0 Å². The number of nitrogens with zero attached hydrogens (tertiary/aromatic N) is 1. The van der Waals surface area contributed by atoms with E-state index in [0.29, 0.717) is 0 Å². The van der Waals surface area contributed by atoms with Crippen LogP contribution >= 0.6 is 0 Å². The van der Waals surface area contributed by atoms with Crippen molar-refractivity contribution in [2.24, 2.45) is 0 Å². The van der Waals surface area contributed by atoms with Gasteiger partial charge in [-0.15, -0.1) is 0 Å². The zero-order valence-electron chi connectivity index (χ0n) is 13.6. The lowest BCUT2D eigenvalue weighted by Crippen LogP contribution is -2.65. The van der Waals surface area contributed by atoms with Crippen LogP contribution in [-0.4, -0.2) is 11.8 Å². The summed E-state index contributed by atoms with van der Waals surface area (Å²) >= 11 is 0. The Kier molecular flexibility index (Phi) is 2.92. The molecule has 0 spiro atoms. The second kappa shape index (κ2) is 4.75. The van der Waals surface area contributed by atoms with E-state index in [1.54, 1.807) is 4.90 Å². The molecule has 1 N–H and O–H groups in total. The van der Waals surface area contributed by atoms with Gasteiger partial charge in [-0.1, -0.05) is 30.3 Å². The summed E-state index contributed by atoms with van der Waals surface area (Å²) in [6.07, 6.45) is 0.725. The summed E-state index contributed by atoms with van der Waals surface area (Å²) in [5.41, 5.74) is 3.55. The van der Waals surface area contributed by atoms with E-state index in [1.807, 2.05) is 50.2 Å². The molecule has 2 aromatic carbocycles. The zero-order chi connectivity index (χ0) is 16.2. The van der Waals surface area contributed by atoms with Crippen LogP contribution in [0.15, 0.2) is 42.5 Å². The van der Waals surface area contributed by atoms with Crippen molar-refractivity contribution in [2.45, 2.75) is 39.0 Å². The van der Waals surface area contributed by atoms with E-state index < -0.39 is 5.72 Å². The van der Waals surface area contributed by atoms with Gasteiger partial charge in [0.1, 0.15) is 5.75 Å². The van der Waals surface area contributed by atoms with Crippen molar-refractivity contribution in [1.82, 2.24) is 5.32 Å². The highest BCUT2D eigenvalue weighted by molar-refractivity contribution is 5.95. The van der Waals surface area contributed by atoms with Gasteiger partial charge in [-0.2, -0.15) is 0 Å². The Bertz CT molecular complexity index is 802. The van der Waals surface area contributed by atoms with E-state index in [4.69, 9.17) is 4.74 Å². The van der Waals surface area contributed by atoms with Crippen LogP contribution in [0.3, 0.4) is 0 Å². The minimum atomic E-state index is -0.681. The predicted octanol–water partition coefficient (Wildman–Crippen LogP) is 4.07. The molecule has 2 atom stereocenters. The fraction of sp³-hybridized carbons (Fsp3) is 0.316. The van der Waals surface area contributed by atoms with Crippen molar-refractivity contribution in [3.05, 3.63) is 59.2 Å². The normalized spacial score (nSPS) is 25.4. The van der Waals surface area contributed by atoms with Gasteiger partial charge in [-0.05, 0) is 44.0 Å². The first-order chi connectivity index (χ1) is 11.0. The first-order valence-corrected chi connectivity index (χ1v) is 7.94. The van der Waals surface area contributed by atoms with Crippen molar-refractivity contribution in [3.63, 3.8) is 0 Å². The summed E-state index contributed by atoms with van der Waals surface area (Å²) in [6.45, 7) is 6.10. The lowest BCUT2D eigenvalue weighted by Gasteiger charge is -2.51. The highest BCUT2D eigenvalue weighted by Crippen LogP contribution is 2.45. The molecule has 2 bridgehead atoms. The summed E-state index contributed by atoms with van der Waals surface area (Å²) in [7, 11) is 0. The van der Waals surface area contributed by atoms with E-state index in [-0.39, 0.29) is 12.1 Å². The second-order valence-corrected chi connectivity index (χ2v) is 6.58. The fourth-order valence-electron chi connectivity index (χ4n) is 3.66. The number of ether oxygens (including phenoxy) is 1. The van der Waals surface area contributed by atoms with Crippen molar-refractivity contribution >= 4 is 11.7 Å². The highest BCUT2D eigenvalue weighted by atomic mass is 16.5. The predicted molar refractivity (Wildman–Crippen MR) is 89.8 cm³/mol. The van der Waals surface area contributed by atoms with Gasteiger partial charge in [0.15, 0.2) is 5.72 Å². The third kappa shape index (κ3) is 2.01. The number of hydrogen-bond acceptors (Lipinski definition) is 2. The summed E-state index contributed by atoms with van der Waals surface area (Å²) in [5, 5.41) is 3.13. The summed E-state index contributed by atoms with van der Waals surface area (Å²) in [5.74, 6) is 0.849. The molecule has 1 saturated heterocycles. The average molecular weight is 308 g/mol. The van der Waals surface area contributed by atoms with Gasteiger partial charge in [-0.25, -0.2) is 4.79 Å². The number of nitrogens with one attached hydrogen (secondary N) is 1. The van der Waals surface area contributed by atoms with E-state index in [0.717, 1.165) is 34.5 Å². The fourth-order valence-corrected chi connectivity index (χ4v) is 3.66. The van der Waals surface area contributed by atoms with Crippen molar-refractivity contribution in [2.75, 3.05) is 4.90 Å². The average Bonchev–Trinajstić information content (AvgIpc) is 2.50. The smallest absolute Gasteiger partial charge is 0.325 e. The number of rotatable bonds is 1. The van der Waals surface area contributed by atoms with E-state index in [1.165, 1.54) is 0 Å². The maximum absolute atomic E-state index is 12.8. The van der Waals surface area contributed by atoms with Crippen molar-refractivity contribution < 1.29 is 9.53 Å². The summed E-state index contributed by atoms with van der Waals surface area (Å²) < 4.78 is 6.29. The van der Waals surface area contributed by atoms with Crippen molar-refractivity contribution in [3.8, 4) is 5.75 Å². The molecular formula is C19H20N2O2. The van der Waals surface area contributed by atoms with Crippen LogP contribution in [0.2, 0.25) is 0 Å². The Labute approximate surface area is 136 Å². The topological polar surface area (TPSA) is 41.6 Å². The maximum atomic E-state index is 12.8. The van der Waals surface area contributed by atoms with Gasteiger partial charge < -0.3 is 10.1 Å². The third-order valence-corrected chi connectivity index (χ3v) is 5.00. The van der Waals surface area contributed by atoms with Crippen LogP contribution in [-0.2, 0) is 0 Å². The number of hydrogen-bond donors (Lipinski definition) is 1. The van der Waals surface area contributed by atoms with E-state index in [2.05, 4.69) is 18.3 Å². The number of para-hydroxylation sites is 1. The maximum Gasteiger partial charge on any atom is 0.325 e. The van der Waals surface area contributed by atoms with Gasteiger partial charge in [0.25, 0.3) is 0 Å². The summed E-state index contributed by atoms with van der Waals surface area (Å²) in [6, 6.07) is 13.9. The molecule has 1 fully saturated rings. The largest absolute Gasteiger partial charge is 0.467 e. The zero-order valence-corrected chi connectivity index (χ0v) is 13.6. The number of carbonyl (C=O) groups is 1. The molecule has 4 heteroatoms. The van der Waals surface area contributed by atoms with E-state index >= 15 is 0 Å². The second-order valence-electron chi connectivity index (χ2n) is 6.58. The molecule has 0 aromatic heterocycles. The van der Waals surface area contributed by atoms with Crippen LogP contribution in [0.5, 0.6) is 5.75 Å². The molecule has 2 aliphatic rings. The van der Waals surface area contributed by atoms with Crippen LogP contribution in [0, 0.1) is 13.8 Å². The number of fused-ring (bicyclic) bond motifs is 4. The lowest BCUT2D eigenvalue weighted by atomic mass is 9.89. The first-order valence-electron chi connectivity index (χ1n) is 7.94. The molecule has 118 valence electrons. The highest BCUT2D eigenvalue weighted by Gasteiger charge is 2.50. The standard InChI is InChI=1S/C19H20N2O2/c1-12-7-6-9-16(13(12)2)21-18(22)20-15-11-19(21,3)23-17-10-5-4-8-14(15)17/h4-10,15H,11H2,1-3H3,(H,20,22)/t15-,19-/m1/s1. The molecule has 2 amide bonds. The Balaban J connectivity index is 1.84. The Morgan fingerprint density at radius 1 is 1.17 bits per heavy atom. The lowest BCUT2D eigenvalue weighted by molar-refractivity contribution is 0.0378. The van der Waals surface area contributed by atoms with Gasteiger partial charge in [0, 0.05) is 12.0 Å². The van der Waals surface area contributed by atoms with E-state index in [9.17, 15) is 4.79 Å². The molecule has 4 rings (SSSR count). The minimum Gasteiger partial charge on any atom is -0.467 e. The molecule has 2 heterocycles. The first kappa shape index (κ1) is 14.1. The number of anilines is 1. The Morgan fingerprint density at radius 3 is 2.78 bits per heavy atom. The molecule has 23 heavy (non-hydrogen) atoms. The van der Waals surface area contributed by atoms with Gasteiger partial charge in [0.05, 0.1) is 11.7 Å². The molecule has 2 aromatic rings. The third-order valence-electron chi connectivity index (χ3n) is 5.00. The number of urea groups is 1. The molecular weight excluding hydrogens is 288 g/mol. The quantitative estimate of drug-likeness (QED) is 0.862. The van der Waals surface area contributed by atoms with Gasteiger partial charge in [-0.3, -0.25) is 4.90 Å². The van der Waals surface area contributed by atoms with Crippen LogP contribution in [0.1, 0.15) is 36.1 Å². The number of aryl methyl sites for hydroxylation is 1. The van der Waals surface area contributed by atoms with Crippen LogP contribution < -0.4 is 15.0 Å². The SMILES string of the molecule is Cc1cccc(N2C(=O)N[C@@H]3C[C@@]2(C)Oc2ccccc23)c1C. The Morgan fingerprint density at radius 2 is 1.96 bits per heavy atom. The molecule has 0 saturated carbocycles. The number of benzene rings is 2. The Hall–Kier alpha value is -2.49. The molecule has 0 unspecified atom stereocenters.